The van der Waals surface area contributed by atoms with Crippen LogP contribution in [0.2, 0.25) is 0 Å². The van der Waals surface area contributed by atoms with Crippen molar-refractivity contribution < 1.29 is 9.59 Å². The Bertz CT molecular complexity index is 1250. The third-order valence-electron chi connectivity index (χ3n) is 5.67. The Morgan fingerprint density at radius 3 is 2.29 bits per heavy atom. The monoisotopic (exact) mass is 445 g/mol. The van der Waals surface area contributed by atoms with Crippen LogP contribution in [0.4, 0.5) is 16.4 Å². The van der Waals surface area contributed by atoms with Crippen molar-refractivity contribution in [2.45, 2.75) is 19.3 Å². The Kier molecular flexibility index (Phi) is 4.53. The van der Waals surface area contributed by atoms with Crippen molar-refractivity contribution in [1.29, 1.82) is 0 Å². The number of thiocarbonyl (C=S) groups is 1. The molecule has 2 aliphatic rings. The largest absolute Gasteiger partial charge is 0.301 e. The Hall–Kier alpha value is -3.29. The van der Waals surface area contributed by atoms with E-state index in [9.17, 15) is 9.59 Å². The molecule has 0 aliphatic carbocycles. The first-order valence-electron chi connectivity index (χ1n) is 9.83. The van der Waals surface area contributed by atoms with Crippen molar-refractivity contribution >= 4 is 62.9 Å². The van der Waals surface area contributed by atoms with Gasteiger partial charge in [0.05, 0.1) is 5.69 Å². The van der Waals surface area contributed by atoms with E-state index in [4.69, 9.17) is 12.2 Å². The van der Waals surface area contributed by atoms with Crippen LogP contribution in [0.3, 0.4) is 0 Å². The number of nitrogens with one attached hydrogen (secondary N) is 2. The predicted octanol–water partition coefficient (Wildman–Crippen LogP) is 4.77. The molecule has 31 heavy (non-hydrogen) atoms. The molecule has 5 rings (SSSR count). The Balaban J connectivity index is 1.69. The molecule has 2 N–H and O–H groups in total. The molecule has 0 bridgehead atoms. The molecule has 0 unspecified atom stereocenters. The smallest absolute Gasteiger partial charge is 0.263 e. The lowest BCUT2D eigenvalue weighted by atomic mass is 9.75. The summed E-state index contributed by atoms with van der Waals surface area (Å²) in [4.78, 5) is 27.7. The third kappa shape index (κ3) is 3.17. The minimum Gasteiger partial charge on any atom is -0.301 e. The molecule has 5 nitrogen and oxygen atoms in total. The number of carbonyl (C=O) groups excluding carboxylic acids is 2. The molecular formula is C24H19N3O2S2. The van der Waals surface area contributed by atoms with Crippen molar-refractivity contribution in [3.8, 4) is 0 Å². The van der Waals surface area contributed by atoms with Gasteiger partial charge in [0, 0.05) is 16.0 Å². The van der Waals surface area contributed by atoms with E-state index in [-0.39, 0.29) is 16.1 Å². The van der Waals surface area contributed by atoms with Crippen molar-refractivity contribution in [1.82, 2.24) is 10.6 Å². The molecule has 7 heteroatoms. The number of benzene rings is 2. The maximum absolute atomic E-state index is 12.3. The maximum atomic E-state index is 12.3. The van der Waals surface area contributed by atoms with Crippen molar-refractivity contribution in [2.75, 3.05) is 4.90 Å². The summed E-state index contributed by atoms with van der Waals surface area (Å²) in [5.74, 6) is -0.967. The van der Waals surface area contributed by atoms with Crippen LogP contribution < -0.4 is 15.5 Å². The molecule has 3 heterocycles. The molecule has 2 aromatic carbocycles. The number of nitrogens with zero attached hydrogens (tertiary/aromatic N) is 1. The van der Waals surface area contributed by atoms with E-state index < -0.39 is 11.8 Å². The van der Waals surface area contributed by atoms with Gasteiger partial charge in [0.15, 0.2) is 5.11 Å². The number of para-hydroxylation sites is 2. The van der Waals surface area contributed by atoms with Crippen molar-refractivity contribution in [3.63, 3.8) is 0 Å². The number of hydrogen-bond acceptors (Lipinski definition) is 5. The van der Waals surface area contributed by atoms with Crippen molar-refractivity contribution in [2.24, 2.45) is 0 Å². The molecule has 1 saturated heterocycles. The second kappa shape index (κ2) is 7.14. The fourth-order valence-electron chi connectivity index (χ4n) is 4.12. The van der Waals surface area contributed by atoms with E-state index >= 15 is 0 Å². The Morgan fingerprint density at radius 1 is 0.935 bits per heavy atom. The van der Waals surface area contributed by atoms with Gasteiger partial charge in [-0.05, 0) is 53.7 Å². The highest BCUT2D eigenvalue weighted by atomic mass is 32.1. The van der Waals surface area contributed by atoms with Crippen LogP contribution in [-0.4, -0.2) is 16.9 Å². The topological polar surface area (TPSA) is 61.4 Å². The molecule has 1 aromatic heterocycles. The van der Waals surface area contributed by atoms with Gasteiger partial charge >= 0.3 is 0 Å². The molecule has 2 amide bonds. The fraction of sp³-hybridized carbons (Fsp3) is 0.125. The summed E-state index contributed by atoms with van der Waals surface area (Å²) < 4.78 is 0. The Morgan fingerprint density at radius 2 is 1.58 bits per heavy atom. The average molecular weight is 446 g/mol. The van der Waals surface area contributed by atoms with E-state index in [0.29, 0.717) is 0 Å². The zero-order valence-electron chi connectivity index (χ0n) is 16.9. The number of rotatable bonds is 2. The van der Waals surface area contributed by atoms with Gasteiger partial charge in [-0.25, -0.2) is 0 Å². The van der Waals surface area contributed by atoms with Crippen molar-refractivity contribution in [3.05, 3.63) is 82.2 Å². The normalized spacial score (nSPS) is 16.9. The fourth-order valence-corrected chi connectivity index (χ4v) is 5.60. The molecular weight excluding hydrogens is 426 g/mol. The summed E-state index contributed by atoms with van der Waals surface area (Å²) in [6.45, 7) is 4.41. The van der Waals surface area contributed by atoms with E-state index in [2.05, 4.69) is 65.8 Å². The third-order valence-corrected chi connectivity index (χ3v) is 6.94. The number of hydrogen-bond donors (Lipinski definition) is 2. The van der Waals surface area contributed by atoms with E-state index in [1.165, 1.54) is 5.56 Å². The summed E-state index contributed by atoms with van der Waals surface area (Å²) >= 11 is 6.45. The lowest BCUT2D eigenvalue weighted by molar-refractivity contribution is -0.123. The number of thiophene rings is 1. The van der Waals surface area contributed by atoms with Crippen LogP contribution in [0.25, 0.3) is 6.08 Å². The molecule has 2 aliphatic heterocycles. The lowest BCUT2D eigenvalue weighted by Gasteiger charge is -2.39. The lowest BCUT2D eigenvalue weighted by Crippen LogP contribution is -2.51. The second-order valence-corrected chi connectivity index (χ2v) is 9.45. The summed E-state index contributed by atoms with van der Waals surface area (Å²) in [7, 11) is 0. The zero-order valence-corrected chi connectivity index (χ0v) is 18.6. The summed E-state index contributed by atoms with van der Waals surface area (Å²) in [6.07, 6.45) is 1.64. The molecule has 1 fully saturated rings. The SMILES string of the molecule is CC1(C)c2ccccc2N(c2ccccc2)c2sc(C=C3C(=O)NC(=S)NC3=O)cc21. The minimum absolute atomic E-state index is 0.0319. The van der Waals surface area contributed by atoms with Gasteiger partial charge < -0.3 is 4.90 Å². The zero-order chi connectivity index (χ0) is 21.8. The van der Waals surface area contributed by atoms with Crippen LogP contribution in [0, 0.1) is 0 Å². The quantitative estimate of drug-likeness (QED) is 0.339. The molecule has 0 spiro atoms. The van der Waals surface area contributed by atoms with Gasteiger partial charge in [-0.3, -0.25) is 20.2 Å². The van der Waals surface area contributed by atoms with Gasteiger partial charge in [-0.15, -0.1) is 11.3 Å². The second-order valence-electron chi connectivity index (χ2n) is 7.98. The first-order chi connectivity index (χ1) is 14.9. The highest BCUT2D eigenvalue weighted by Gasteiger charge is 2.38. The van der Waals surface area contributed by atoms with E-state index in [0.717, 1.165) is 26.8 Å². The van der Waals surface area contributed by atoms with Gasteiger partial charge in [-0.1, -0.05) is 50.2 Å². The van der Waals surface area contributed by atoms with Crippen LogP contribution in [0.5, 0.6) is 0 Å². The average Bonchev–Trinajstić information content (AvgIpc) is 3.16. The highest BCUT2D eigenvalue weighted by molar-refractivity contribution is 7.80. The number of anilines is 3. The Labute approximate surface area is 189 Å². The number of carbonyl (C=O) groups is 2. The molecule has 0 atom stereocenters. The standard InChI is InChI=1S/C24H19N3O2S2/c1-24(2)17-10-6-7-11-19(17)27(14-8-4-3-5-9-14)22-18(24)13-15(31-22)12-16-20(28)25-23(30)26-21(16)29/h3-13H,1-2H3,(H2,25,26,28,29,30). The van der Waals surface area contributed by atoms with Crippen LogP contribution in [0.15, 0.2) is 66.2 Å². The minimum atomic E-state index is -0.484. The molecule has 0 saturated carbocycles. The van der Waals surface area contributed by atoms with Gasteiger partial charge in [0.25, 0.3) is 11.8 Å². The van der Waals surface area contributed by atoms with Crippen LogP contribution >= 0.6 is 23.6 Å². The summed E-state index contributed by atoms with van der Waals surface area (Å²) in [5.41, 5.74) is 4.38. The first-order valence-corrected chi connectivity index (χ1v) is 11.1. The summed E-state index contributed by atoms with van der Waals surface area (Å²) in [6, 6.07) is 20.7. The van der Waals surface area contributed by atoms with Gasteiger partial charge in [-0.2, -0.15) is 0 Å². The number of amides is 2. The number of fused-ring (bicyclic) bond motifs is 2. The summed E-state index contributed by atoms with van der Waals surface area (Å²) in [5, 5.41) is 6.10. The predicted molar refractivity (Wildman–Crippen MR) is 128 cm³/mol. The molecule has 0 radical (unpaired) electrons. The van der Waals surface area contributed by atoms with Gasteiger partial charge in [0.1, 0.15) is 10.6 Å². The van der Waals surface area contributed by atoms with Gasteiger partial charge in [0.2, 0.25) is 0 Å². The maximum Gasteiger partial charge on any atom is 0.263 e. The molecule has 154 valence electrons. The van der Waals surface area contributed by atoms with E-state index in [1.54, 1.807) is 17.4 Å². The first kappa shape index (κ1) is 19.7. The van der Waals surface area contributed by atoms with Crippen LogP contribution in [-0.2, 0) is 15.0 Å². The van der Waals surface area contributed by atoms with Crippen LogP contribution in [0.1, 0.15) is 29.9 Å². The molecule has 3 aromatic rings. The van der Waals surface area contributed by atoms with E-state index in [1.807, 2.05) is 24.3 Å². The highest BCUT2D eigenvalue weighted by Crippen LogP contribution is 2.55.